The van der Waals surface area contributed by atoms with Gasteiger partial charge in [-0.3, -0.25) is 10.1 Å². The predicted molar refractivity (Wildman–Crippen MR) is 128 cm³/mol. The molecule has 3 aromatic rings. The molecule has 3 rings (SSSR count). The number of hydrogen-bond donors (Lipinski definition) is 0. The lowest BCUT2D eigenvalue weighted by Gasteiger charge is -2.15. The summed E-state index contributed by atoms with van der Waals surface area (Å²) in [6.07, 6.45) is 3.85. The zero-order valence-corrected chi connectivity index (χ0v) is 18.6. The van der Waals surface area contributed by atoms with E-state index < -0.39 is 4.92 Å². The lowest BCUT2D eigenvalue weighted by molar-refractivity contribution is -0.384. The van der Waals surface area contributed by atoms with E-state index in [1.165, 1.54) is 12.1 Å². The van der Waals surface area contributed by atoms with Crippen LogP contribution >= 0.6 is 0 Å². The first kappa shape index (κ1) is 24.0. The van der Waals surface area contributed by atoms with E-state index in [1.54, 1.807) is 49.7 Å². The van der Waals surface area contributed by atoms with Crippen molar-refractivity contribution < 1.29 is 19.2 Å². The monoisotopic (exact) mass is 457 g/mol. The van der Waals surface area contributed by atoms with Gasteiger partial charge in [0, 0.05) is 28.8 Å². The molecule has 8 heteroatoms. The fourth-order valence-corrected chi connectivity index (χ4v) is 3.21. The zero-order chi connectivity index (χ0) is 24.3. The number of rotatable bonds is 11. The summed E-state index contributed by atoms with van der Waals surface area (Å²) in [7, 11) is 1.54. The Morgan fingerprint density at radius 2 is 1.88 bits per heavy atom. The summed E-state index contributed by atoms with van der Waals surface area (Å²) in [5, 5.41) is 24.0. The molecule has 0 saturated carbocycles. The Morgan fingerprint density at radius 1 is 1.12 bits per heavy atom. The van der Waals surface area contributed by atoms with Crippen LogP contribution in [0.3, 0.4) is 0 Å². The highest BCUT2D eigenvalue weighted by Crippen LogP contribution is 2.34. The van der Waals surface area contributed by atoms with Crippen molar-refractivity contribution in [1.29, 1.82) is 5.26 Å². The van der Waals surface area contributed by atoms with Gasteiger partial charge in [0.2, 0.25) is 0 Å². The summed E-state index contributed by atoms with van der Waals surface area (Å²) in [6.45, 7) is 4.20. The number of hydrogen-bond acceptors (Lipinski definition) is 7. The molecule has 0 atom stereocenters. The molecule has 0 heterocycles. The molecule has 34 heavy (non-hydrogen) atoms. The maximum atomic E-state index is 10.8. The van der Waals surface area contributed by atoms with E-state index >= 15 is 0 Å². The number of nitro groups is 1. The van der Waals surface area contributed by atoms with Crippen LogP contribution < -0.4 is 9.47 Å². The predicted octanol–water partition coefficient (Wildman–Crippen LogP) is 5.33. The van der Waals surface area contributed by atoms with Gasteiger partial charge in [0.15, 0.2) is 11.5 Å². The molecule has 0 unspecified atom stereocenters. The van der Waals surface area contributed by atoms with Gasteiger partial charge < -0.3 is 14.3 Å². The molecular weight excluding hydrogens is 434 g/mol. The second kappa shape index (κ2) is 11.8. The van der Waals surface area contributed by atoms with Gasteiger partial charge in [-0.2, -0.15) is 5.26 Å². The number of nitrogens with zero attached hydrogens (tertiary/aromatic N) is 3. The Bertz CT molecular complexity index is 1230. The Labute approximate surface area is 197 Å². The first-order valence-electron chi connectivity index (χ1n) is 10.4. The quantitative estimate of drug-likeness (QED) is 0.167. The number of non-ortho nitro benzene ring substituents is 1. The molecule has 0 aliphatic heterocycles. The largest absolute Gasteiger partial charge is 0.493 e. The average Bonchev–Trinajstić information content (AvgIpc) is 2.86. The topological polar surface area (TPSA) is 107 Å². The number of allylic oxidation sites excluding steroid dienone is 1. The third kappa shape index (κ3) is 6.20. The molecule has 0 aromatic heterocycles. The lowest BCUT2D eigenvalue weighted by atomic mass is 10.1. The minimum atomic E-state index is -0.442. The number of nitro benzene ring substituents is 1. The van der Waals surface area contributed by atoms with Crippen LogP contribution in [0.15, 0.2) is 78.5 Å². The summed E-state index contributed by atoms with van der Waals surface area (Å²) >= 11 is 0. The highest BCUT2D eigenvalue weighted by molar-refractivity contribution is 5.81. The highest BCUT2D eigenvalue weighted by Gasteiger charge is 2.13. The molecule has 0 fully saturated rings. The van der Waals surface area contributed by atoms with Crippen molar-refractivity contribution in [2.24, 2.45) is 5.16 Å². The smallest absolute Gasteiger partial charge is 0.269 e. The Hall–Kier alpha value is -4.64. The van der Waals surface area contributed by atoms with Gasteiger partial charge in [-0.15, -0.1) is 6.58 Å². The number of nitriles is 1. The standard InChI is InChI=1S/C26H23N3O5/c1-3-6-21-13-20(16-28-34-18-23-8-5-4-7-22(23)15-27)14-25(32-2)26(21)33-17-19-9-11-24(12-10-19)29(30)31/h3-5,7-14,16H,1,6,17-18H2,2H3/b28-16-. The van der Waals surface area contributed by atoms with Crippen LogP contribution in [-0.2, 0) is 24.5 Å². The van der Waals surface area contributed by atoms with E-state index in [0.29, 0.717) is 23.5 Å². The third-order valence-electron chi connectivity index (χ3n) is 4.90. The van der Waals surface area contributed by atoms with Crippen LogP contribution in [-0.4, -0.2) is 18.2 Å². The summed E-state index contributed by atoms with van der Waals surface area (Å²) < 4.78 is 11.5. The van der Waals surface area contributed by atoms with Gasteiger partial charge in [-0.05, 0) is 42.3 Å². The van der Waals surface area contributed by atoms with E-state index in [9.17, 15) is 10.1 Å². The molecule has 0 radical (unpaired) electrons. The minimum Gasteiger partial charge on any atom is -0.493 e. The Kier molecular flexibility index (Phi) is 8.36. The van der Waals surface area contributed by atoms with Gasteiger partial charge in [-0.25, -0.2) is 0 Å². The van der Waals surface area contributed by atoms with E-state index in [2.05, 4.69) is 17.8 Å². The van der Waals surface area contributed by atoms with Crippen molar-refractivity contribution in [3.8, 4) is 17.6 Å². The highest BCUT2D eigenvalue weighted by atomic mass is 16.6. The van der Waals surface area contributed by atoms with Crippen LogP contribution in [0.1, 0.15) is 27.8 Å². The first-order valence-corrected chi connectivity index (χ1v) is 10.4. The van der Waals surface area contributed by atoms with Crippen LogP contribution in [0.25, 0.3) is 0 Å². The lowest BCUT2D eigenvalue weighted by Crippen LogP contribution is -2.02. The van der Waals surface area contributed by atoms with Crippen LogP contribution in [0.5, 0.6) is 11.5 Å². The molecule has 0 saturated heterocycles. The Balaban J connectivity index is 1.74. The normalized spacial score (nSPS) is 10.5. The van der Waals surface area contributed by atoms with Gasteiger partial charge in [0.05, 0.1) is 29.9 Å². The molecule has 0 bridgehead atoms. The van der Waals surface area contributed by atoms with Crippen molar-refractivity contribution in [1.82, 2.24) is 0 Å². The number of ether oxygens (including phenoxy) is 2. The van der Waals surface area contributed by atoms with E-state index in [0.717, 1.165) is 22.3 Å². The zero-order valence-electron chi connectivity index (χ0n) is 18.6. The molecule has 172 valence electrons. The number of benzene rings is 3. The van der Waals surface area contributed by atoms with Crippen LogP contribution in [0, 0.1) is 21.4 Å². The summed E-state index contributed by atoms with van der Waals surface area (Å²) in [5.41, 5.74) is 3.69. The van der Waals surface area contributed by atoms with Crippen molar-refractivity contribution in [2.45, 2.75) is 19.6 Å². The van der Waals surface area contributed by atoms with E-state index in [-0.39, 0.29) is 18.9 Å². The van der Waals surface area contributed by atoms with Gasteiger partial charge >= 0.3 is 0 Å². The summed E-state index contributed by atoms with van der Waals surface area (Å²) in [5.74, 6) is 1.07. The molecular formula is C26H23N3O5. The van der Waals surface area contributed by atoms with Gasteiger partial charge in [0.1, 0.15) is 13.2 Å². The molecule has 0 N–H and O–H groups in total. The van der Waals surface area contributed by atoms with Crippen molar-refractivity contribution >= 4 is 11.9 Å². The SMILES string of the molecule is C=CCc1cc(/C=N\OCc2ccccc2C#N)cc(OC)c1OCc1ccc([N+](=O)[O-])cc1. The number of oxime groups is 1. The Morgan fingerprint density at radius 3 is 2.56 bits per heavy atom. The first-order chi connectivity index (χ1) is 16.5. The van der Waals surface area contributed by atoms with Crippen molar-refractivity contribution in [3.63, 3.8) is 0 Å². The van der Waals surface area contributed by atoms with E-state index in [4.69, 9.17) is 19.6 Å². The third-order valence-corrected chi connectivity index (χ3v) is 4.90. The molecule has 0 spiro atoms. The summed E-state index contributed by atoms with van der Waals surface area (Å²) in [6, 6.07) is 19.2. The molecule has 3 aromatic carbocycles. The maximum absolute atomic E-state index is 10.8. The molecule has 0 amide bonds. The van der Waals surface area contributed by atoms with Gasteiger partial charge in [-0.1, -0.05) is 29.4 Å². The minimum absolute atomic E-state index is 0.0237. The fraction of sp³-hybridized carbons (Fsp3) is 0.154. The molecule has 8 nitrogen and oxygen atoms in total. The van der Waals surface area contributed by atoms with Gasteiger partial charge in [0.25, 0.3) is 5.69 Å². The molecule has 0 aliphatic carbocycles. The summed E-state index contributed by atoms with van der Waals surface area (Å²) in [4.78, 5) is 15.8. The average molecular weight is 457 g/mol. The van der Waals surface area contributed by atoms with Crippen molar-refractivity contribution in [3.05, 3.63) is 111 Å². The molecule has 0 aliphatic rings. The van der Waals surface area contributed by atoms with Crippen molar-refractivity contribution in [2.75, 3.05) is 7.11 Å². The second-order valence-electron chi connectivity index (χ2n) is 7.19. The second-order valence-corrected chi connectivity index (χ2v) is 7.19. The maximum Gasteiger partial charge on any atom is 0.269 e. The van der Waals surface area contributed by atoms with Crippen LogP contribution in [0.4, 0.5) is 5.69 Å². The number of methoxy groups -OCH3 is 1. The fourth-order valence-electron chi connectivity index (χ4n) is 3.21. The van der Waals surface area contributed by atoms with E-state index in [1.807, 2.05) is 18.2 Å². The van der Waals surface area contributed by atoms with Crippen LogP contribution in [0.2, 0.25) is 0 Å².